The van der Waals surface area contributed by atoms with E-state index in [2.05, 4.69) is 33.5 Å². The lowest BCUT2D eigenvalue weighted by Gasteiger charge is -2.33. The Morgan fingerprint density at radius 1 is 1.19 bits per heavy atom. The minimum atomic E-state index is -0.557. The summed E-state index contributed by atoms with van der Waals surface area (Å²) in [7, 11) is 1.70. The van der Waals surface area contributed by atoms with Gasteiger partial charge in [0.15, 0.2) is 0 Å². The first-order valence-corrected chi connectivity index (χ1v) is 11.1. The Kier molecular flexibility index (Phi) is 6.97. The van der Waals surface area contributed by atoms with E-state index >= 15 is 0 Å². The lowest BCUT2D eigenvalue weighted by Crippen LogP contribution is -2.40. The highest BCUT2D eigenvalue weighted by Gasteiger charge is 2.24. The van der Waals surface area contributed by atoms with Crippen molar-refractivity contribution < 1.29 is 19.4 Å². The molecule has 0 bridgehead atoms. The summed E-state index contributed by atoms with van der Waals surface area (Å²) < 4.78 is 11.1. The van der Waals surface area contributed by atoms with Crippen molar-refractivity contribution >= 4 is 22.5 Å². The van der Waals surface area contributed by atoms with Crippen molar-refractivity contribution in [3.05, 3.63) is 54.2 Å². The number of ether oxygens (including phenoxy) is 2. The van der Waals surface area contributed by atoms with Gasteiger partial charge in [0.25, 0.3) is 0 Å². The fourth-order valence-corrected chi connectivity index (χ4v) is 4.39. The number of anilines is 1. The molecule has 1 aromatic heterocycles. The molecule has 0 saturated carbocycles. The zero-order valence-corrected chi connectivity index (χ0v) is 18.6. The smallest absolute Gasteiger partial charge is 0.221 e. The lowest BCUT2D eigenvalue weighted by atomic mass is 9.89. The van der Waals surface area contributed by atoms with Crippen LogP contribution in [0.2, 0.25) is 0 Å². The molecule has 7 heteroatoms. The van der Waals surface area contributed by atoms with E-state index in [9.17, 15) is 9.90 Å². The van der Waals surface area contributed by atoms with Gasteiger partial charge >= 0.3 is 0 Å². The molecule has 1 aliphatic rings. The van der Waals surface area contributed by atoms with E-state index in [0.29, 0.717) is 18.2 Å². The van der Waals surface area contributed by atoms with Crippen molar-refractivity contribution in [1.29, 1.82) is 0 Å². The number of piperidine rings is 1. The molecular weight excluding hydrogens is 406 g/mol. The minimum Gasteiger partial charge on any atom is -0.497 e. The van der Waals surface area contributed by atoms with Crippen LogP contribution in [0.4, 0.5) is 5.69 Å². The number of likely N-dealkylation sites (tertiary alicyclic amines) is 1. The van der Waals surface area contributed by atoms with Gasteiger partial charge in [0.2, 0.25) is 5.91 Å². The Balaban J connectivity index is 1.25. The number of aliphatic hydroxyl groups is 1. The van der Waals surface area contributed by atoms with Crippen molar-refractivity contribution in [2.45, 2.75) is 31.8 Å². The van der Waals surface area contributed by atoms with E-state index in [-0.39, 0.29) is 12.5 Å². The van der Waals surface area contributed by atoms with Crippen molar-refractivity contribution in [1.82, 2.24) is 9.88 Å². The number of amides is 1. The Hall–Kier alpha value is -3.03. The van der Waals surface area contributed by atoms with E-state index in [1.165, 1.54) is 17.9 Å². The molecule has 2 aromatic carbocycles. The first kappa shape index (κ1) is 22.2. The Morgan fingerprint density at radius 3 is 2.59 bits per heavy atom. The van der Waals surface area contributed by atoms with Crippen LogP contribution in [-0.4, -0.2) is 60.4 Å². The maximum absolute atomic E-state index is 11.1. The largest absolute Gasteiger partial charge is 0.497 e. The molecule has 4 rings (SSSR count). The Morgan fingerprint density at radius 2 is 1.91 bits per heavy atom. The zero-order valence-electron chi connectivity index (χ0n) is 18.6. The van der Waals surface area contributed by atoms with Gasteiger partial charge in [0, 0.05) is 36.3 Å². The van der Waals surface area contributed by atoms with Gasteiger partial charge in [-0.1, -0.05) is 0 Å². The number of aliphatic hydroxyl groups excluding tert-OH is 1. The van der Waals surface area contributed by atoms with Gasteiger partial charge in [-0.05, 0) is 79.9 Å². The number of fused-ring (bicyclic) bond motifs is 1. The van der Waals surface area contributed by atoms with Crippen LogP contribution in [0.1, 0.15) is 31.2 Å². The molecule has 0 radical (unpaired) electrons. The number of β-amino-alcohol motifs (C(OH)–C–C–N with tert-alkyl or cyclic N) is 1. The van der Waals surface area contributed by atoms with Crippen LogP contribution in [0.3, 0.4) is 0 Å². The van der Waals surface area contributed by atoms with Gasteiger partial charge in [-0.3, -0.25) is 4.79 Å². The summed E-state index contributed by atoms with van der Waals surface area (Å²) in [5.74, 6) is 1.94. The van der Waals surface area contributed by atoms with Gasteiger partial charge in [0.1, 0.15) is 24.2 Å². The monoisotopic (exact) mass is 437 g/mol. The molecule has 1 fully saturated rings. The van der Waals surface area contributed by atoms with Crippen LogP contribution in [0, 0.1) is 0 Å². The number of nitrogens with zero attached hydrogens (tertiary/aromatic N) is 1. The molecule has 1 unspecified atom stereocenters. The summed E-state index contributed by atoms with van der Waals surface area (Å²) in [5.41, 5.74) is 3.22. The van der Waals surface area contributed by atoms with Gasteiger partial charge in [-0.2, -0.15) is 0 Å². The molecule has 0 aliphatic carbocycles. The first-order valence-electron chi connectivity index (χ1n) is 11.1. The first-order chi connectivity index (χ1) is 15.5. The van der Waals surface area contributed by atoms with Crippen molar-refractivity contribution in [3.63, 3.8) is 0 Å². The predicted molar refractivity (Wildman–Crippen MR) is 126 cm³/mol. The van der Waals surface area contributed by atoms with E-state index in [0.717, 1.165) is 42.9 Å². The number of hydrogen-bond donors (Lipinski definition) is 3. The number of benzene rings is 2. The Labute approximate surface area is 188 Å². The van der Waals surface area contributed by atoms with Crippen molar-refractivity contribution in [3.8, 4) is 11.5 Å². The molecular formula is C25H31N3O4. The number of rotatable bonds is 8. The highest BCUT2D eigenvalue weighted by molar-refractivity contribution is 5.88. The van der Waals surface area contributed by atoms with E-state index in [1.807, 2.05) is 6.07 Å². The summed E-state index contributed by atoms with van der Waals surface area (Å²) in [5, 5.41) is 14.4. The van der Waals surface area contributed by atoms with E-state index in [1.54, 1.807) is 31.4 Å². The summed E-state index contributed by atoms with van der Waals surface area (Å²) >= 11 is 0. The minimum absolute atomic E-state index is 0.109. The van der Waals surface area contributed by atoms with Crippen molar-refractivity contribution in [2.75, 3.05) is 38.7 Å². The van der Waals surface area contributed by atoms with Gasteiger partial charge in [-0.25, -0.2) is 0 Å². The Bertz CT molecular complexity index is 1040. The summed E-state index contributed by atoms with van der Waals surface area (Å²) in [6, 6.07) is 13.3. The predicted octanol–water partition coefficient (Wildman–Crippen LogP) is 3.75. The van der Waals surface area contributed by atoms with Gasteiger partial charge in [-0.15, -0.1) is 0 Å². The van der Waals surface area contributed by atoms with Crippen molar-refractivity contribution in [2.24, 2.45) is 0 Å². The second-order valence-corrected chi connectivity index (χ2v) is 8.40. The molecule has 1 saturated heterocycles. The molecule has 1 aliphatic heterocycles. The van der Waals surface area contributed by atoms with E-state index in [4.69, 9.17) is 9.47 Å². The highest BCUT2D eigenvalue weighted by Crippen LogP contribution is 2.34. The molecule has 7 nitrogen and oxygen atoms in total. The van der Waals surface area contributed by atoms with Crippen LogP contribution < -0.4 is 14.8 Å². The lowest BCUT2D eigenvalue weighted by molar-refractivity contribution is -0.114. The highest BCUT2D eigenvalue weighted by atomic mass is 16.5. The third kappa shape index (κ3) is 5.41. The maximum Gasteiger partial charge on any atom is 0.221 e. The zero-order chi connectivity index (χ0) is 22.5. The number of carbonyl (C=O) groups is 1. The molecule has 1 atom stereocenters. The molecule has 2 heterocycles. The third-order valence-corrected chi connectivity index (χ3v) is 6.03. The number of nitrogens with one attached hydrogen (secondary N) is 2. The SMILES string of the molecule is COc1ccc2[nH]cc(C3CCN(CC(O)COc4ccc(NC(C)=O)cc4)CC3)c2c1. The maximum atomic E-state index is 11.1. The second-order valence-electron chi connectivity index (χ2n) is 8.40. The molecule has 1 amide bonds. The number of methoxy groups -OCH3 is 1. The van der Waals surface area contributed by atoms with Gasteiger partial charge in [0.05, 0.1) is 7.11 Å². The fourth-order valence-electron chi connectivity index (χ4n) is 4.39. The average Bonchev–Trinajstić information content (AvgIpc) is 3.22. The average molecular weight is 438 g/mol. The van der Waals surface area contributed by atoms with Gasteiger partial charge < -0.3 is 29.8 Å². The summed E-state index contributed by atoms with van der Waals surface area (Å²) in [6.45, 7) is 4.20. The number of aromatic nitrogens is 1. The second kappa shape index (κ2) is 10.1. The quantitative estimate of drug-likeness (QED) is 0.500. The van der Waals surface area contributed by atoms with Crippen LogP contribution in [-0.2, 0) is 4.79 Å². The van der Waals surface area contributed by atoms with Crippen LogP contribution in [0.25, 0.3) is 10.9 Å². The number of aromatic amines is 1. The normalized spacial score (nSPS) is 16.1. The molecule has 3 N–H and O–H groups in total. The van der Waals surface area contributed by atoms with Crippen LogP contribution in [0.15, 0.2) is 48.7 Å². The number of hydrogen-bond acceptors (Lipinski definition) is 5. The standard InChI is InChI=1S/C25H31N3O4/c1-17(29)27-19-3-5-21(6-4-19)32-16-20(30)15-28-11-9-18(10-12-28)24-14-26-25-8-7-22(31-2)13-23(24)25/h3-8,13-14,18,20,26,30H,9-12,15-16H2,1-2H3,(H,27,29). The number of carbonyl (C=O) groups excluding carboxylic acids is 1. The van der Waals surface area contributed by atoms with Crippen LogP contribution >= 0.6 is 0 Å². The topological polar surface area (TPSA) is 86.8 Å². The van der Waals surface area contributed by atoms with Crippen LogP contribution in [0.5, 0.6) is 11.5 Å². The molecule has 170 valence electrons. The number of H-pyrrole nitrogens is 1. The summed E-state index contributed by atoms with van der Waals surface area (Å²) in [4.78, 5) is 16.8. The fraction of sp³-hybridized carbons (Fsp3) is 0.400. The summed E-state index contributed by atoms with van der Waals surface area (Å²) in [6.07, 6.45) is 3.69. The van der Waals surface area contributed by atoms with E-state index < -0.39 is 6.10 Å². The molecule has 32 heavy (non-hydrogen) atoms. The third-order valence-electron chi connectivity index (χ3n) is 6.03. The molecule has 3 aromatic rings. The molecule has 0 spiro atoms.